The molecule has 3 nitrogen and oxygen atoms in total. The second-order valence-corrected chi connectivity index (χ2v) is 6.76. The zero-order valence-electron chi connectivity index (χ0n) is 11.5. The number of aryl methyl sites for hydroxylation is 1. The van der Waals surface area contributed by atoms with E-state index < -0.39 is 10.8 Å². The summed E-state index contributed by atoms with van der Waals surface area (Å²) in [5, 5.41) is 0. The van der Waals surface area contributed by atoms with Crippen molar-refractivity contribution in [3.05, 3.63) is 29.6 Å². The number of fused-ring (bicyclic) bond motifs is 1. The molecule has 0 spiro atoms. The molecule has 0 saturated carbocycles. The number of benzene rings is 1. The SMILES string of the molecule is Cc1ccc2c(c1)nc(CCl)n2C(C)CCS(C)=O. The van der Waals surface area contributed by atoms with Crippen molar-refractivity contribution in [2.45, 2.75) is 32.2 Å². The monoisotopic (exact) mass is 298 g/mol. The lowest BCUT2D eigenvalue weighted by Gasteiger charge is -2.16. The van der Waals surface area contributed by atoms with E-state index >= 15 is 0 Å². The normalized spacial score (nSPS) is 14.7. The molecular weight excluding hydrogens is 280 g/mol. The zero-order chi connectivity index (χ0) is 14.0. The molecule has 2 aromatic rings. The Kier molecular flexibility index (Phi) is 4.63. The predicted octanol–water partition coefficient (Wildman–Crippen LogP) is 3.41. The van der Waals surface area contributed by atoms with Crippen LogP contribution in [0, 0.1) is 6.92 Å². The van der Waals surface area contributed by atoms with Gasteiger partial charge >= 0.3 is 0 Å². The fraction of sp³-hybridized carbons (Fsp3) is 0.500. The molecule has 0 N–H and O–H groups in total. The Bertz CT molecular complexity index is 609. The first-order valence-electron chi connectivity index (χ1n) is 6.36. The molecule has 0 aliphatic rings. The topological polar surface area (TPSA) is 34.9 Å². The molecule has 19 heavy (non-hydrogen) atoms. The van der Waals surface area contributed by atoms with Crippen LogP contribution in [0.15, 0.2) is 18.2 Å². The third-order valence-corrected chi connectivity index (χ3v) is 4.35. The van der Waals surface area contributed by atoms with Crippen LogP contribution in [0.25, 0.3) is 11.0 Å². The Morgan fingerprint density at radius 2 is 2.21 bits per heavy atom. The van der Waals surface area contributed by atoms with Gasteiger partial charge in [0.15, 0.2) is 0 Å². The summed E-state index contributed by atoms with van der Waals surface area (Å²) in [7, 11) is -0.760. The van der Waals surface area contributed by atoms with Gasteiger partial charge in [0.1, 0.15) is 5.82 Å². The Labute approximate surface area is 121 Å². The maximum absolute atomic E-state index is 11.2. The molecule has 0 aliphatic heterocycles. The maximum atomic E-state index is 11.2. The minimum Gasteiger partial charge on any atom is -0.324 e. The average molecular weight is 299 g/mol. The van der Waals surface area contributed by atoms with Gasteiger partial charge in [0.2, 0.25) is 0 Å². The number of hydrogen-bond donors (Lipinski definition) is 0. The van der Waals surface area contributed by atoms with Gasteiger partial charge in [-0.2, -0.15) is 0 Å². The van der Waals surface area contributed by atoms with Crippen molar-refractivity contribution in [2.24, 2.45) is 0 Å². The van der Waals surface area contributed by atoms with Crippen molar-refractivity contribution in [3.63, 3.8) is 0 Å². The van der Waals surface area contributed by atoms with Gasteiger partial charge in [-0.05, 0) is 38.0 Å². The Balaban J connectivity index is 2.42. The fourth-order valence-corrected chi connectivity index (χ4v) is 3.17. The van der Waals surface area contributed by atoms with Crippen LogP contribution in [0.1, 0.15) is 30.8 Å². The quantitative estimate of drug-likeness (QED) is 0.793. The minimum absolute atomic E-state index is 0.255. The van der Waals surface area contributed by atoms with Gasteiger partial charge in [0.05, 0.1) is 16.9 Å². The van der Waals surface area contributed by atoms with E-state index in [9.17, 15) is 4.21 Å². The molecule has 0 bridgehead atoms. The lowest BCUT2D eigenvalue weighted by atomic mass is 10.2. The molecule has 0 fully saturated rings. The van der Waals surface area contributed by atoms with Gasteiger partial charge in [-0.3, -0.25) is 4.21 Å². The van der Waals surface area contributed by atoms with E-state index in [1.807, 2.05) is 0 Å². The van der Waals surface area contributed by atoms with Crippen LogP contribution in [-0.2, 0) is 16.7 Å². The third-order valence-electron chi connectivity index (χ3n) is 3.30. The van der Waals surface area contributed by atoms with E-state index in [1.165, 1.54) is 5.56 Å². The molecule has 0 amide bonds. The van der Waals surface area contributed by atoms with Crippen LogP contribution in [0.5, 0.6) is 0 Å². The molecule has 2 unspecified atom stereocenters. The Hall–Kier alpha value is -0.870. The highest BCUT2D eigenvalue weighted by molar-refractivity contribution is 7.84. The number of halogens is 1. The van der Waals surface area contributed by atoms with Gasteiger partial charge in [-0.15, -0.1) is 11.6 Å². The summed E-state index contributed by atoms with van der Waals surface area (Å²) < 4.78 is 13.4. The van der Waals surface area contributed by atoms with Crippen LogP contribution in [0.4, 0.5) is 0 Å². The molecule has 1 heterocycles. The van der Waals surface area contributed by atoms with Gasteiger partial charge in [0.25, 0.3) is 0 Å². The van der Waals surface area contributed by atoms with Crippen molar-refractivity contribution in [2.75, 3.05) is 12.0 Å². The van der Waals surface area contributed by atoms with E-state index in [1.54, 1.807) is 6.26 Å². The van der Waals surface area contributed by atoms with Gasteiger partial charge in [-0.1, -0.05) is 6.07 Å². The van der Waals surface area contributed by atoms with Crippen molar-refractivity contribution in [1.82, 2.24) is 9.55 Å². The highest BCUT2D eigenvalue weighted by atomic mass is 35.5. The van der Waals surface area contributed by atoms with Gasteiger partial charge in [-0.25, -0.2) is 4.98 Å². The van der Waals surface area contributed by atoms with Crippen molar-refractivity contribution in [1.29, 1.82) is 0 Å². The van der Waals surface area contributed by atoms with E-state index in [0.717, 1.165) is 23.3 Å². The van der Waals surface area contributed by atoms with Crippen LogP contribution in [0.3, 0.4) is 0 Å². The molecule has 0 saturated heterocycles. The van der Waals surface area contributed by atoms with E-state index in [2.05, 4.69) is 41.6 Å². The molecule has 104 valence electrons. The van der Waals surface area contributed by atoms with E-state index in [0.29, 0.717) is 11.6 Å². The second-order valence-electron chi connectivity index (χ2n) is 4.94. The fourth-order valence-electron chi connectivity index (χ4n) is 2.31. The standard InChI is InChI=1S/C14H19ClN2OS/c1-10-4-5-13-12(8-10)16-14(9-15)17(13)11(2)6-7-19(3)18/h4-5,8,11H,6-7,9H2,1-3H3. The molecule has 1 aromatic heterocycles. The zero-order valence-corrected chi connectivity index (χ0v) is 13.1. The minimum atomic E-state index is -0.760. The van der Waals surface area contributed by atoms with Crippen molar-refractivity contribution < 1.29 is 4.21 Å². The molecule has 0 radical (unpaired) electrons. The van der Waals surface area contributed by atoms with E-state index in [4.69, 9.17) is 11.6 Å². The average Bonchev–Trinajstić information content (AvgIpc) is 2.73. The van der Waals surface area contributed by atoms with Crippen LogP contribution < -0.4 is 0 Å². The summed E-state index contributed by atoms with van der Waals surface area (Å²) in [6.07, 6.45) is 2.61. The second kappa shape index (κ2) is 6.06. The lowest BCUT2D eigenvalue weighted by Crippen LogP contribution is -2.11. The van der Waals surface area contributed by atoms with Crippen LogP contribution >= 0.6 is 11.6 Å². The lowest BCUT2D eigenvalue weighted by molar-refractivity contribution is 0.531. The van der Waals surface area contributed by atoms with Gasteiger partial charge in [0, 0.05) is 28.9 Å². The van der Waals surface area contributed by atoms with E-state index in [-0.39, 0.29) is 6.04 Å². The Morgan fingerprint density at radius 1 is 1.47 bits per heavy atom. The van der Waals surface area contributed by atoms with Crippen molar-refractivity contribution >= 4 is 33.4 Å². The first-order chi connectivity index (χ1) is 9.02. The number of alkyl halides is 1. The predicted molar refractivity (Wildman–Crippen MR) is 82.3 cm³/mol. The van der Waals surface area contributed by atoms with Crippen molar-refractivity contribution in [3.8, 4) is 0 Å². The Morgan fingerprint density at radius 3 is 2.84 bits per heavy atom. The molecule has 1 aromatic carbocycles. The number of nitrogens with zero attached hydrogens (tertiary/aromatic N) is 2. The highest BCUT2D eigenvalue weighted by Gasteiger charge is 2.15. The molecule has 5 heteroatoms. The van der Waals surface area contributed by atoms with Crippen LogP contribution in [-0.4, -0.2) is 25.8 Å². The largest absolute Gasteiger partial charge is 0.324 e. The third kappa shape index (κ3) is 3.18. The maximum Gasteiger partial charge on any atom is 0.125 e. The number of imidazole rings is 1. The smallest absolute Gasteiger partial charge is 0.125 e. The first-order valence-corrected chi connectivity index (χ1v) is 8.62. The summed E-state index contributed by atoms with van der Waals surface area (Å²) in [5.74, 6) is 1.98. The van der Waals surface area contributed by atoms with Crippen LogP contribution in [0.2, 0.25) is 0 Å². The summed E-state index contributed by atoms with van der Waals surface area (Å²) in [6, 6.07) is 6.51. The van der Waals surface area contributed by atoms with Gasteiger partial charge < -0.3 is 4.57 Å². The molecular formula is C14H19ClN2OS. The summed E-state index contributed by atoms with van der Waals surface area (Å²) in [5.41, 5.74) is 3.29. The number of aromatic nitrogens is 2. The molecule has 2 atom stereocenters. The highest BCUT2D eigenvalue weighted by Crippen LogP contribution is 2.25. The first kappa shape index (κ1) is 14.5. The number of rotatable bonds is 5. The summed E-state index contributed by atoms with van der Waals surface area (Å²) in [6.45, 7) is 4.19. The molecule has 2 rings (SSSR count). The number of hydrogen-bond acceptors (Lipinski definition) is 2. The summed E-state index contributed by atoms with van der Waals surface area (Å²) in [4.78, 5) is 4.60. The molecule has 0 aliphatic carbocycles. The summed E-state index contributed by atoms with van der Waals surface area (Å²) >= 11 is 6.01.